The van der Waals surface area contributed by atoms with E-state index < -0.39 is 5.91 Å². The number of ether oxygens (including phenoxy) is 4. The minimum atomic E-state index is -0.407. The Morgan fingerprint density at radius 1 is 0.829 bits per heavy atom. The Hall–Kier alpha value is -4.47. The summed E-state index contributed by atoms with van der Waals surface area (Å²) in [4.78, 5) is 18.2. The summed E-state index contributed by atoms with van der Waals surface area (Å²) in [5, 5.41) is 10.8. The molecule has 0 aliphatic carbocycles. The second kappa shape index (κ2) is 9.80. The Labute approximate surface area is 202 Å². The molecule has 2 N–H and O–H groups in total. The zero-order chi connectivity index (χ0) is 25.1. The zero-order valence-corrected chi connectivity index (χ0v) is 20.4. The van der Waals surface area contributed by atoms with E-state index in [1.165, 1.54) is 7.11 Å². The molecule has 2 aromatic carbocycles. The maximum atomic E-state index is 13.6. The van der Waals surface area contributed by atoms with E-state index in [9.17, 15) is 4.79 Å². The maximum absolute atomic E-state index is 13.6. The van der Waals surface area contributed by atoms with Crippen molar-refractivity contribution >= 4 is 28.7 Å². The van der Waals surface area contributed by atoms with Gasteiger partial charge in [-0.05, 0) is 44.2 Å². The third-order valence-electron chi connectivity index (χ3n) is 5.44. The molecule has 182 valence electrons. The van der Waals surface area contributed by atoms with Crippen molar-refractivity contribution in [3.63, 3.8) is 0 Å². The predicted octanol–water partition coefficient (Wildman–Crippen LogP) is 4.38. The number of amides is 1. The van der Waals surface area contributed by atoms with Crippen molar-refractivity contribution in [2.45, 2.75) is 13.8 Å². The van der Waals surface area contributed by atoms with Gasteiger partial charge in [0.2, 0.25) is 0 Å². The lowest BCUT2D eigenvalue weighted by atomic mass is 10.2. The highest BCUT2D eigenvalue weighted by molar-refractivity contribution is 6.12. The molecule has 35 heavy (non-hydrogen) atoms. The Morgan fingerprint density at radius 2 is 1.43 bits per heavy atom. The van der Waals surface area contributed by atoms with Gasteiger partial charge in [-0.25, -0.2) is 9.50 Å². The number of rotatable bonds is 8. The van der Waals surface area contributed by atoms with Crippen LogP contribution in [-0.4, -0.2) is 48.9 Å². The molecule has 0 atom stereocenters. The van der Waals surface area contributed by atoms with Crippen LogP contribution in [0, 0.1) is 13.8 Å². The topological polar surface area (TPSA) is 108 Å². The maximum Gasteiger partial charge on any atom is 0.263 e. The minimum absolute atomic E-state index is 0.271. The number of nitrogens with zero attached hydrogens (tertiary/aromatic N) is 3. The first-order valence-corrected chi connectivity index (χ1v) is 10.8. The SMILES string of the molecule is COc1ccc(NC(=O)c2c(Nc3ccc(OC)cc3OC)nn3c(C)cc(C)nc23)c(OC)c1. The highest BCUT2D eigenvalue weighted by Crippen LogP contribution is 2.34. The monoisotopic (exact) mass is 477 g/mol. The van der Waals surface area contributed by atoms with E-state index in [0.29, 0.717) is 45.8 Å². The van der Waals surface area contributed by atoms with E-state index in [2.05, 4.69) is 20.7 Å². The van der Waals surface area contributed by atoms with Crippen LogP contribution in [0.3, 0.4) is 0 Å². The molecule has 0 aliphatic rings. The number of benzene rings is 2. The second-order valence-corrected chi connectivity index (χ2v) is 7.71. The lowest BCUT2D eigenvalue weighted by molar-refractivity contribution is 0.102. The number of carbonyl (C=O) groups excluding carboxylic acids is 1. The summed E-state index contributed by atoms with van der Waals surface area (Å²) in [7, 11) is 6.23. The highest BCUT2D eigenvalue weighted by Gasteiger charge is 2.24. The first-order valence-electron chi connectivity index (χ1n) is 10.8. The molecule has 0 radical (unpaired) electrons. The first kappa shape index (κ1) is 23.7. The van der Waals surface area contributed by atoms with Gasteiger partial charge in [0.25, 0.3) is 5.91 Å². The number of hydrogen-bond acceptors (Lipinski definition) is 8. The fraction of sp³-hybridized carbons (Fsp3) is 0.240. The minimum Gasteiger partial charge on any atom is -0.497 e. The van der Waals surface area contributed by atoms with E-state index >= 15 is 0 Å². The Morgan fingerprint density at radius 3 is 2.03 bits per heavy atom. The van der Waals surface area contributed by atoms with Crippen molar-refractivity contribution in [1.29, 1.82) is 0 Å². The summed E-state index contributed by atoms with van der Waals surface area (Å²) in [6.07, 6.45) is 0. The Kier molecular flexibility index (Phi) is 6.63. The standard InChI is InChI=1S/C25H27N5O5/c1-14-11-15(2)30-24(26-14)22(25(31)28-19-10-8-17(33-4)13-21(19)35-6)23(29-30)27-18-9-7-16(32-3)12-20(18)34-5/h7-13H,1-6H3,(H,27,29)(H,28,31). The fourth-order valence-electron chi connectivity index (χ4n) is 3.73. The normalized spacial score (nSPS) is 10.7. The summed E-state index contributed by atoms with van der Waals surface area (Å²) in [5.41, 5.74) is 3.38. The van der Waals surface area contributed by atoms with Gasteiger partial charge in [0.15, 0.2) is 11.5 Å². The van der Waals surface area contributed by atoms with Gasteiger partial charge >= 0.3 is 0 Å². The van der Waals surface area contributed by atoms with E-state index in [4.69, 9.17) is 18.9 Å². The van der Waals surface area contributed by atoms with Crippen molar-refractivity contribution in [2.24, 2.45) is 0 Å². The van der Waals surface area contributed by atoms with Crippen LogP contribution in [0.1, 0.15) is 21.7 Å². The van der Waals surface area contributed by atoms with E-state index in [-0.39, 0.29) is 5.56 Å². The van der Waals surface area contributed by atoms with Gasteiger partial charge in [-0.3, -0.25) is 4.79 Å². The Balaban J connectivity index is 1.81. The molecule has 4 rings (SSSR count). The molecule has 0 unspecified atom stereocenters. The number of carbonyl (C=O) groups is 1. The number of anilines is 3. The molecule has 1 amide bonds. The quantitative estimate of drug-likeness (QED) is 0.385. The molecular weight excluding hydrogens is 450 g/mol. The van der Waals surface area contributed by atoms with Crippen LogP contribution >= 0.6 is 0 Å². The van der Waals surface area contributed by atoms with Gasteiger partial charge in [-0.2, -0.15) is 0 Å². The first-order chi connectivity index (χ1) is 16.9. The Bertz CT molecular complexity index is 1400. The van der Waals surface area contributed by atoms with Crippen molar-refractivity contribution in [2.75, 3.05) is 39.1 Å². The number of hydrogen-bond donors (Lipinski definition) is 2. The summed E-state index contributed by atoms with van der Waals surface area (Å²) < 4.78 is 23.1. The summed E-state index contributed by atoms with van der Waals surface area (Å²) in [5.74, 6) is 2.15. The smallest absolute Gasteiger partial charge is 0.263 e. The van der Waals surface area contributed by atoms with Crippen LogP contribution in [0.2, 0.25) is 0 Å². The van der Waals surface area contributed by atoms with Crippen molar-refractivity contribution in [1.82, 2.24) is 14.6 Å². The molecule has 0 aliphatic heterocycles. The summed E-state index contributed by atoms with van der Waals surface area (Å²) in [6.45, 7) is 3.77. The number of methoxy groups -OCH3 is 4. The average Bonchev–Trinajstić information content (AvgIpc) is 3.22. The van der Waals surface area contributed by atoms with Crippen LogP contribution in [0.5, 0.6) is 23.0 Å². The molecule has 0 saturated carbocycles. The number of aromatic nitrogens is 3. The second-order valence-electron chi connectivity index (χ2n) is 7.71. The third kappa shape index (κ3) is 4.63. The third-order valence-corrected chi connectivity index (χ3v) is 5.44. The lowest BCUT2D eigenvalue weighted by Gasteiger charge is -2.13. The van der Waals surface area contributed by atoms with Crippen LogP contribution in [0.15, 0.2) is 42.5 Å². The molecule has 2 heterocycles. The molecule has 4 aromatic rings. The van der Waals surface area contributed by atoms with Gasteiger partial charge in [0.05, 0.1) is 39.8 Å². The van der Waals surface area contributed by atoms with Crippen molar-refractivity contribution in [3.8, 4) is 23.0 Å². The zero-order valence-electron chi connectivity index (χ0n) is 20.4. The van der Waals surface area contributed by atoms with Gasteiger partial charge in [0.1, 0.15) is 28.6 Å². The number of nitrogens with one attached hydrogen (secondary N) is 2. The fourth-order valence-corrected chi connectivity index (χ4v) is 3.73. The van der Waals surface area contributed by atoms with Crippen LogP contribution in [0.4, 0.5) is 17.2 Å². The van der Waals surface area contributed by atoms with Gasteiger partial charge < -0.3 is 29.6 Å². The molecule has 0 spiro atoms. The number of aryl methyl sites for hydroxylation is 2. The predicted molar refractivity (Wildman–Crippen MR) is 133 cm³/mol. The summed E-state index contributed by atoms with van der Waals surface area (Å²) >= 11 is 0. The molecule has 10 nitrogen and oxygen atoms in total. The molecular formula is C25H27N5O5. The van der Waals surface area contributed by atoms with E-state index in [1.54, 1.807) is 62.2 Å². The highest BCUT2D eigenvalue weighted by atomic mass is 16.5. The summed E-state index contributed by atoms with van der Waals surface area (Å²) in [6, 6.07) is 12.4. The molecule has 2 aromatic heterocycles. The molecule has 0 saturated heterocycles. The van der Waals surface area contributed by atoms with Crippen LogP contribution in [-0.2, 0) is 0 Å². The van der Waals surface area contributed by atoms with Gasteiger partial charge in [-0.1, -0.05) is 0 Å². The van der Waals surface area contributed by atoms with E-state index in [1.807, 2.05) is 19.9 Å². The van der Waals surface area contributed by atoms with Crippen LogP contribution < -0.4 is 29.6 Å². The van der Waals surface area contributed by atoms with Crippen molar-refractivity contribution < 1.29 is 23.7 Å². The van der Waals surface area contributed by atoms with Gasteiger partial charge in [0, 0.05) is 23.5 Å². The number of fused-ring (bicyclic) bond motifs is 1. The average molecular weight is 478 g/mol. The van der Waals surface area contributed by atoms with Gasteiger partial charge in [-0.15, -0.1) is 5.10 Å². The van der Waals surface area contributed by atoms with Crippen LogP contribution in [0.25, 0.3) is 5.65 Å². The molecule has 0 fully saturated rings. The largest absolute Gasteiger partial charge is 0.497 e. The molecule has 10 heteroatoms. The lowest BCUT2D eigenvalue weighted by Crippen LogP contribution is -2.15. The molecule has 0 bridgehead atoms. The van der Waals surface area contributed by atoms with Crippen molar-refractivity contribution in [3.05, 3.63) is 59.4 Å². The van der Waals surface area contributed by atoms with E-state index in [0.717, 1.165) is 11.4 Å².